The van der Waals surface area contributed by atoms with Crippen molar-refractivity contribution in [2.24, 2.45) is 7.05 Å². The van der Waals surface area contributed by atoms with E-state index in [0.29, 0.717) is 17.7 Å². The number of carbonyl (C=O) groups excluding carboxylic acids is 1. The predicted octanol–water partition coefficient (Wildman–Crippen LogP) is 1.74. The van der Waals surface area contributed by atoms with Gasteiger partial charge in [0.05, 0.1) is 17.8 Å². The Morgan fingerprint density at radius 1 is 1.53 bits per heavy atom. The van der Waals surface area contributed by atoms with Gasteiger partial charge in [0.15, 0.2) is 0 Å². The lowest BCUT2D eigenvalue weighted by atomic mass is 10.1. The number of nitrogens with zero attached hydrogens (tertiary/aromatic N) is 4. The maximum Gasteiger partial charge on any atom is 0.150 e. The van der Waals surface area contributed by atoms with Crippen molar-refractivity contribution in [2.75, 3.05) is 11.9 Å². The number of carbonyl (C=O) groups is 1. The first-order valence-corrected chi connectivity index (χ1v) is 5.82. The molecule has 0 aliphatic carbocycles. The second kappa shape index (κ2) is 5.36. The molecule has 0 unspecified atom stereocenters. The molecule has 5 nitrogen and oxygen atoms in total. The van der Waals surface area contributed by atoms with Crippen molar-refractivity contribution in [3.05, 3.63) is 47.5 Å². The van der Waals surface area contributed by atoms with Crippen molar-refractivity contribution in [2.45, 2.75) is 6.54 Å². The van der Waals surface area contributed by atoms with Gasteiger partial charge in [-0.25, -0.2) is 4.98 Å². The first-order valence-electron chi connectivity index (χ1n) is 5.82. The lowest BCUT2D eigenvalue weighted by molar-refractivity contribution is 0.112. The lowest BCUT2D eigenvalue weighted by Gasteiger charge is -2.20. The van der Waals surface area contributed by atoms with Gasteiger partial charge >= 0.3 is 0 Å². The van der Waals surface area contributed by atoms with Crippen LogP contribution in [0.1, 0.15) is 21.7 Å². The molecule has 0 N–H and O–H groups in total. The number of aromatic nitrogens is 2. The monoisotopic (exact) mass is 254 g/mol. The van der Waals surface area contributed by atoms with Crippen molar-refractivity contribution in [3.63, 3.8) is 0 Å². The van der Waals surface area contributed by atoms with E-state index in [1.807, 2.05) is 29.8 Å². The zero-order valence-electron chi connectivity index (χ0n) is 10.9. The van der Waals surface area contributed by atoms with Gasteiger partial charge in [-0.2, -0.15) is 5.26 Å². The maximum atomic E-state index is 10.7. The van der Waals surface area contributed by atoms with Crippen LogP contribution in [0, 0.1) is 11.3 Å². The molecule has 1 heterocycles. The van der Waals surface area contributed by atoms with Gasteiger partial charge in [-0.3, -0.25) is 4.79 Å². The fraction of sp³-hybridized carbons (Fsp3) is 0.214. The van der Waals surface area contributed by atoms with Crippen LogP contribution in [-0.2, 0) is 13.6 Å². The highest BCUT2D eigenvalue weighted by atomic mass is 16.1. The van der Waals surface area contributed by atoms with Crippen LogP contribution in [0.3, 0.4) is 0 Å². The molecule has 0 saturated heterocycles. The van der Waals surface area contributed by atoms with Crippen LogP contribution in [0.4, 0.5) is 5.69 Å². The normalized spacial score (nSPS) is 9.95. The number of rotatable bonds is 4. The van der Waals surface area contributed by atoms with Crippen molar-refractivity contribution in [3.8, 4) is 6.07 Å². The van der Waals surface area contributed by atoms with Gasteiger partial charge < -0.3 is 9.47 Å². The Labute approximate surface area is 111 Å². The third-order valence-electron chi connectivity index (χ3n) is 2.99. The first-order chi connectivity index (χ1) is 9.15. The van der Waals surface area contributed by atoms with Crippen molar-refractivity contribution >= 4 is 12.0 Å². The molecule has 0 atom stereocenters. The van der Waals surface area contributed by atoms with Gasteiger partial charge in [-0.05, 0) is 18.2 Å². The minimum atomic E-state index is 0.487. The van der Waals surface area contributed by atoms with E-state index in [-0.39, 0.29) is 0 Å². The second-order valence-electron chi connectivity index (χ2n) is 4.32. The van der Waals surface area contributed by atoms with E-state index in [1.54, 1.807) is 24.4 Å². The topological polar surface area (TPSA) is 61.9 Å². The van der Waals surface area contributed by atoms with Crippen LogP contribution in [0.2, 0.25) is 0 Å². The highest BCUT2D eigenvalue weighted by Gasteiger charge is 2.10. The Morgan fingerprint density at radius 2 is 2.32 bits per heavy atom. The predicted molar refractivity (Wildman–Crippen MR) is 71.9 cm³/mol. The van der Waals surface area contributed by atoms with Gasteiger partial charge in [0.1, 0.15) is 18.2 Å². The summed E-state index contributed by atoms with van der Waals surface area (Å²) >= 11 is 0. The number of hydrogen-bond donors (Lipinski definition) is 0. The SMILES string of the molecule is CN(Cc1nccn1C)c1ccc(C=O)cc1C#N. The summed E-state index contributed by atoms with van der Waals surface area (Å²) in [6.07, 6.45) is 4.36. The molecule has 0 fully saturated rings. The van der Waals surface area contributed by atoms with Crippen LogP contribution in [-0.4, -0.2) is 22.9 Å². The minimum absolute atomic E-state index is 0.487. The van der Waals surface area contributed by atoms with Crippen molar-refractivity contribution < 1.29 is 4.79 Å². The summed E-state index contributed by atoms with van der Waals surface area (Å²) in [5.41, 5.74) is 1.78. The van der Waals surface area contributed by atoms with E-state index >= 15 is 0 Å². The smallest absolute Gasteiger partial charge is 0.150 e. The molecule has 5 heteroatoms. The fourth-order valence-corrected chi connectivity index (χ4v) is 1.90. The molecule has 2 aromatic rings. The molecule has 0 aliphatic rings. The molecule has 1 aromatic carbocycles. The number of anilines is 1. The molecule has 0 radical (unpaired) electrons. The zero-order chi connectivity index (χ0) is 13.8. The molecule has 0 aliphatic heterocycles. The number of hydrogen-bond acceptors (Lipinski definition) is 4. The number of imidazole rings is 1. The quantitative estimate of drug-likeness (QED) is 0.780. The van der Waals surface area contributed by atoms with E-state index in [0.717, 1.165) is 17.8 Å². The van der Waals surface area contributed by atoms with Crippen LogP contribution < -0.4 is 4.90 Å². The molecule has 0 amide bonds. The molecule has 1 aromatic heterocycles. The van der Waals surface area contributed by atoms with E-state index in [1.165, 1.54) is 0 Å². The van der Waals surface area contributed by atoms with Crippen LogP contribution in [0.25, 0.3) is 0 Å². The molecule has 19 heavy (non-hydrogen) atoms. The molecule has 96 valence electrons. The van der Waals surface area contributed by atoms with E-state index in [4.69, 9.17) is 5.26 Å². The average Bonchev–Trinajstić information content (AvgIpc) is 2.83. The van der Waals surface area contributed by atoms with Gasteiger partial charge in [-0.15, -0.1) is 0 Å². The second-order valence-corrected chi connectivity index (χ2v) is 4.32. The zero-order valence-corrected chi connectivity index (χ0v) is 10.9. The Kier molecular flexibility index (Phi) is 3.62. The summed E-state index contributed by atoms with van der Waals surface area (Å²) in [5.74, 6) is 0.908. The molecule has 2 rings (SSSR count). The number of aryl methyl sites for hydroxylation is 1. The van der Waals surface area contributed by atoms with Gasteiger partial charge in [0.2, 0.25) is 0 Å². The summed E-state index contributed by atoms with van der Waals surface area (Å²) < 4.78 is 1.93. The van der Waals surface area contributed by atoms with Crippen molar-refractivity contribution in [1.29, 1.82) is 5.26 Å². The minimum Gasteiger partial charge on any atom is -0.366 e. The third kappa shape index (κ3) is 2.63. The summed E-state index contributed by atoms with van der Waals surface area (Å²) in [6.45, 7) is 0.596. The van der Waals surface area contributed by atoms with Crippen LogP contribution in [0.15, 0.2) is 30.6 Å². The van der Waals surface area contributed by atoms with E-state index in [2.05, 4.69) is 11.1 Å². The molecular weight excluding hydrogens is 240 g/mol. The largest absolute Gasteiger partial charge is 0.366 e. The third-order valence-corrected chi connectivity index (χ3v) is 2.99. The average molecular weight is 254 g/mol. The number of benzene rings is 1. The lowest BCUT2D eigenvalue weighted by Crippen LogP contribution is -2.20. The summed E-state index contributed by atoms with van der Waals surface area (Å²) in [4.78, 5) is 16.9. The van der Waals surface area contributed by atoms with E-state index in [9.17, 15) is 4.79 Å². The van der Waals surface area contributed by atoms with Gasteiger partial charge in [0, 0.05) is 32.1 Å². The highest BCUT2D eigenvalue weighted by molar-refractivity contribution is 5.78. The maximum absolute atomic E-state index is 10.7. The Morgan fingerprint density at radius 3 is 2.89 bits per heavy atom. The fourth-order valence-electron chi connectivity index (χ4n) is 1.90. The summed E-state index contributed by atoms with van der Waals surface area (Å²) in [6, 6.07) is 7.20. The van der Waals surface area contributed by atoms with E-state index < -0.39 is 0 Å². The van der Waals surface area contributed by atoms with Crippen molar-refractivity contribution in [1.82, 2.24) is 9.55 Å². The number of nitriles is 1. The van der Waals surface area contributed by atoms with Gasteiger partial charge in [-0.1, -0.05) is 0 Å². The molecule has 0 spiro atoms. The van der Waals surface area contributed by atoms with Crippen LogP contribution in [0.5, 0.6) is 0 Å². The molecule has 0 saturated carbocycles. The molecule has 0 bridgehead atoms. The summed E-state index contributed by atoms with van der Waals surface area (Å²) in [7, 11) is 3.82. The number of aldehydes is 1. The highest BCUT2D eigenvalue weighted by Crippen LogP contribution is 2.21. The summed E-state index contributed by atoms with van der Waals surface area (Å²) in [5, 5.41) is 9.15. The Balaban J connectivity index is 2.29. The Hall–Kier alpha value is -2.61. The standard InChI is InChI=1S/C14H14N4O/c1-17-6-5-16-14(17)9-18(2)13-4-3-11(10-19)7-12(13)8-15/h3-7,10H,9H2,1-2H3. The van der Waals surface area contributed by atoms with Crippen LogP contribution >= 0.6 is 0 Å². The molecular formula is C14H14N4O. The first kappa shape index (κ1) is 12.8. The van der Waals surface area contributed by atoms with Gasteiger partial charge in [0.25, 0.3) is 0 Å². The Bertz CT molecular complexity index is 639.